The third-order valence-corrected chi connectivity index (χ3v) is 2.54. The average molecular weight is 298 g/mol. The molecule has 0 aliphatic carbocycles. The Labute approximate surface area is 116 Å². The molecule has 21 heavy (non-hydrogen) atoms. The number of nitrogens with one attached hydrogen (secondary N) is 1. The summed E-state index contributed by atoms with van der Waals surface area (Å²) in [4.78, 5) is 13.7. The quantitative estimate of drug-likeness (QED) is 0.669. The molecule has 0 saturated carbocycles. The molecule has 0 fully saturated rings. The summed E-state index contributed by atoms with van der Waals surface area (Å²) in [6, 6.07) is 6.74. The fourth-order valence-corrected chi connectivity index (χ4v) is 1.68. The Morgan fingerprint density at radius 1 is 1.24 bits per heavy atom. The molecule has 3 N–H and O–H groups in total. The van der Waals surface area contributed by atoms with E-state index < -0.39 is 16.7 Å². The van der Waals surface area contributed by atoms with Gasteiger partial charge in [-0.3, -0.25) is 10.1 Å². The number of benzene rings is 1. The van der Waals surface area contributed by atoms with E-state index in [1.807, 2.05) is 0 Å². The number of nitro groups is 1. The summed E-state index contributed by atoms with van der Waals surface area (Å²) in [6.07, 6.45) is -4.56. The van der Waals surface area contributed by atoms with Gasteiger partial charge >= 0.3 is 6.18 Å². The van der Waals surface area contributed by atoms with Crippen molar-refractivity contribution in [2.75, 3.05) is 11.1 Å². The summed E-state index contributed by atoms with van der Waals surface area (Å²) in [7, 11) is 0. The van der Waals surface area contributed by atoms with Crippen LogP contribution in [-0.2, 0) is 6.18 Å². The van der Waals surface area contributed by atoms with Crippen molar-refractivity contribution in [3.8, 4) is 0 Å². The Balaban J connectivity index is 2.42. The highest BCUT2D eigenvalue weighted by molar-refractivity contribution is 5.64. The van der Waals surface area contributed by atoms with E-state index in [9.17, 15) is 23.3 Å². The van der Waals surface area contributed by atoms with Gasteiger partial charge in [0, 0.05) is 0 Å². The molecular weight excluding hydrogens is 289 g/mol. The molecule has 0 unspecified atom stereocenters. The molecule has 2 rings (SSSR count). The van der Waals surface area contributed by atoms with Crippen molar-refractivity contribution in [2.24, 2.45) is 0 Å². The SMILES string of the molecule is Nc1cc([N+](=O)[O-])cc(Nc2ccccc2C(F)(F)F)n1. The van der Waals surface area contributed by atoms with Crippen LogP contribution in [0.3, 0.4) is 0 Å². The van der Waals surface area contributed by atoms with Crippen molar-refractivity contribution in [1.29, 1.82) is 0 Å². The minimum atomic E-state index is -4.56. The summed E-state index contributed by atoms with van der Waals surface area (Å²) in [5.74, 6) is -0.311. The van der Waals surface area contributed by atoms with E-state index in [1.54, 1.807) is 0 Å². The largest absolute Gasteiger partial charge is 0.418 e. The van der Waals surface area contributed by atoms with Crippen molar-refractivity contribution in [2.45, 2.75) is 6.18 Å². The Kier molecular flexibility index (Phi) is 3.66. The van der Waals surface area contributed by atoms with Gasteiger partial charge in [-0.1, -0.05) is 12.1 Å². The first-order valence-corrected chi connectivity index (χ1v) is 5.62. The first-order valence-electron chi connectivity index (χ1n) is 5.62. The lowest BCUT2D eigenvalue weighted by Crippen LogP contribution is -2.09. The van der Waals surface area contributed by atoms with E-state index in [0.29, 0.717) is 0 Å². The molecule has 0 amide bonds. The lowest BCUT2D eigenvalue weighted by atomic mass is 10.1. The molecule has 1 aromatic carbocycles. The Bertz CT molecular complexity index is 688. The van der Waals surface area contributed by atoms with E-state index in [-0.39, 0.29) is 23.0 Å². The number of aromatic nitrogens is 1. The minimum absolute atomic E-state index is 0.140. The fourth-order valence-electron chi connectivity index (χ4n) is 1.68. The van der Waals surface area contributed by atoms with Crippen LogP contribution >= 0.6 is 0 Å². The van der Waals surface area contributed by atoms with E-state index in [4.69, 9.17) is 5.73 Å². The zero-order chi connectivity index (χ0) is 15.6. The number of pyridine rings is 1. The third kappa shape index (κ3) is 3.38. The van der Waals surface area contributed by atoms with Gasteiger partial charge in [0.05, 0.1) is 28.3 Å². The standard InChI is InChI=1S/C12H9F3N4O2/c13-12(14,15)8-3-1-2-4-9(8)17-11-6-7(19(20)21)5-10(16)18-11/h1-6H,(H3,16,17,18). The molecule has 9 heteroatoms. The van der Waals surface area contributed by atoms with Crippen molar-refractivity contribution < 1.29 is 18.1 Å². The van der Waals surface area contributed by atoms with Crippen molar-refractivity contribution >= 4 is 23.0 Å². The lowest BCUT2D eigenvalue weighted by Gasteiger charge is -2.13. The predicted molar refractivity (Wildman–Crippen MR) is 70.0 cm³/mol. The zero-order valence-corrected chi connectivity index (χ0v) is 10.4. The normalized spacial score (nSPS) is 11.2. The van der Waals surface area contributed by atoms with Gasteiger partial charge in [-0.25, -0.2) is 4.98 Å². The summed E-state index contributed by atoms with van der Waals surface area (Å²) in [6.45, 7) is 0. The van der Waals surface area contributed by atoms with Crippen LogP contribution in [0.4, 0.5) is 36.2 Å². The molecule has 6 nitrogen and oxygen atoms in total. The number of anilines is 3. The third-order valence-electron chi connectivity index (χ3n) is 2.54. The second-order valence-corrected chi connectivity index (χ2v) is 4.06. The summed E-state index contributed by atoms with van der Waals surface area (Å²) in [5, 5.41) is 13.1. The van der Waals surface area contributed by atoms with Gasteiger partial charge in [0.15, 0.2) is 0 Å². The second kappa shape index (κ2) is 5.27. The van der Waals surface area contributed by atoms with Crippen molar-refractivity contribution in [1.82, 2.24) is 4.98 Å². The minimum Gasteiger partial charge on any atom is -0.383 e. The average Bonchev–Trinajstić information content (AvgIpc) is 2.37. The van der Waals surface area contributed by atoms with Gasteiger partial charge in [-0.2, -0.15) is 13.2 Å². The van der Waals surface area contributed by atoms with E-state index in [1.165, 1.54) is 18.2 Å². The van der Waals surface area contributed by atoms with Crippen LogP contribution < -0.4 is 11.1 Å². The first-order chi connectivity index (χ1) is 9.77. The van der Waals surface area contributed by atoms with Gasteiger partial charge in [-0.05, 0) is 12.1 Å². The summed E-state index contributed by atoms with van der Waals surface area (Å²) >= 11 is 0. The highest BCUT2D eigenvalue weighted by Gasteiger charge is 2.33. The van der Waals surface area contributed by atoms with Crippen LogP contribution in [0.25, 0.3) is 0 Å². The highest BCUT2D eigenvalue weighted by Crippen LogP contribution is 2.36. The van der Waals surface area contributed by atoms with E-state index in [0.717, 1.165) is 18.2 Å². The van der Waals surface area contributed by atoms with Crippen LogP contribution in [0.1, 0.15) is 5.56 Å². The molecule has 0 bridgehead atoms. The van der Waals surface area contributed by atoms with Gasteiger partial charge < -0.3 is 11.1 Å². The molecule has 1 heterocycles. The van der Waals surface area contributed by atoms with Crippen LogP contribution in [0.5, 0.6) is 0 Å². The molecule has 0 saturated heterocycles. The van der Waals surface area contributed by atoms with Gasteiger partial charge in [0.1, 0.15) is 11.6 Å². The number of nitrogens with zero attached hydrogens (tertiary/aromatic N) is 2. The van der Waals surface area contributed by atoms with Crippen molar-refractivity contribution in [3.05, 3.63) is 52.1 Å². The summed E-state index contributed by atoms with van der Waals surface area (Å²) in [5.41, 5.74) is 3.86. The smallest absolute Gasteiger partial charge is 0.383 e. The first kappa shape index (κ1) is 14.6. The van der Waals surface area contributed by atoms with E-state index in [2.05, 4.69) is 10.3 Å². The number of hydrogen-bond acceptors (Lipinski definition) is 5. The van der Waals surface area contributed by atoms with Gasteiger partial charge in [0.2, 0.25) is 0 Å². The van der Waals surface area contributed by atoms with Gasteiger partial charge in [0.25, 0.3) is 5.69 Å². The maximum absolute atomic E-state index is 12.8. The van der Waals surface area contributed by atoms with Crippen LogP contribution in [0.2, 0.25) is 0 Å². The number of nitrogen functional groups attached to an aromatic ring is 1. The van der Waals surface area contributed by atoms with Gasteiger partial charge in [-0.15, -0.1) is 0 Å². The molecule has 0 aliphatic rings. The predicted octanol–water partition coefficient (Wildman–Crippen LogP) is 3.33. The Hall–Kier alpha value is -2.84. The highest BCUT2D eigenvalue weighted by atomic mass is 19.4. The number of alkyl halides is 3. The van der Waals surface area contributed by atoms with E-state index >= 15 is 0 Å². The van der Waals surface area contributed by atoms with Crippen molar-refractivity contribution in [3.63, 3.8) is 0 Å². The monoisotopic (exact) mass is 298 g/mol. The number of para-hydroxylation sites is 1. The second-order valence-electron chi connectivity index (χ2n) is 4.06. The molecule has 2 aromatic rings. The van der Waals surface area contributed by atoms with Crippen LogP contribution in [0.15, 0.2) is 36.4 Å². The molecule has 1 aromatic heterocycles. The molecule has 0 spiro atoms. The summed E-state index contributed by atoms with van der Waals surface area (Å²) < 4.78 is 38.5. The van der Waals surface area contributed by atoms with Crippen LogP contribution in [0, 0.1) is 10.1 Å². The molecule has 0 aliphatic heterocycles. The zero-order valence-electron chi connectivity index (χ0n) is 10.4. The van der Waals surface area contributed by atoms with Crippen LogP contribution in [-0.4, -0.2) is 9.91 Å². The number of nitrogens with two attached hydrogens (primary N) is 1. The molecular formula is C12H9F3N4O2. The lowest BCUT2D eigenvalue weighted by molar-refractivity contribution is -0.384. The topological polar surface area (TPSA) is 94.1 Å². The number of hydrogen-bond donors (Lipinski definition) is 2. The number of rotatable bonds is 3. The number of halogens is 3. The Morgan fingerprint density at radius 3 is 2.52 bits per heavy atom. The fraction of sp³-hybridized carbons (Fsp3) is 0.0833. The molecule has 0 radical (unpaired) electrons. The Morgan fingerprint density at radius 2 is 1.90 bits per heavy atom. The maximum Gasteiger partial charge on any atom is 0.418 e. The molecule has 0 atom stereocenters. The molecule has 110 valence electrons. The maximum atomic E-state index is 12.8.